The summed E-state index contributed by atoms with van der Waals surface area (Å²) in [6.45, 7) is 0.906. The summed E-state index contributed by atoms with van der Waals surface area (Å²) in [6, 6.07) is 4.32. The van der Waals surface area contributed by atoms with Gasteiger partial charge in [-0.05, 0) is 40.9 Å². The van der Waals surface area contributed by atoms with E-state index >= 15 is 0 Å². The molecule has 1 aliphatic carbocycles. The Labute approximate surface area is 129 Å². The van der Waals surface area contributed by atoms with Gasteiger partial charge in [-0.3, -0.25) is 4.79 Å². The number of benzene rings is 1. The largest absolute Gasteiger partial charge is 0.495 e. The lowest BCUT2D eigenvalue weighted by atomic mass is 10.2. The lowest BCUT2D eigenvalue weighted by Crippen LogP contribution is -2.34. The molecule has 4 nitrogen and oxygen atoms in total. The lowest BCUT2D eigenvalue weighted by Gasteiger charge is -2.12. The molecule has 0 bridgehead atoms. The van der Waals surface area contributed by atoms with E-state index in [2.05, 4.69) is 42.5 Å². The van der Waals surface area contributed by atoms with Crippen molar-refractivity contribution in [1.82, 2.24) is 10.6 Å². The molecule has 0 atom stereocenters. The zero-order chi connectivity index (χ0) is 13.8. The summed E-state index contributed by atoms with van der Waals surface area (Å²) in [4.78, 5) is 11.5. The molecule has 0 saturated heterocycles. The highest BCUT2D eigenvalue weighted by Crippen LogP contribution is 2.32. The van der Waals surface area contributed by atoms with Gasteiger partial charge in [0.2, 0.25) is 5.91 Å². The van der Waals surface area contributed by atoms with Crippen molar-refractivity contribution < 1.29 is 9.53 Å². The number of methoxy groups -OCH3 is 1. The maximum absolute atomic E-state index is 11.5. The summed E-state index contributed by atoms with van der Waals surface area (Å²) >= 11 is 6.90. The minimum absolute atomic E-state index is 0.0514. The Kier molecular flexibility index (Phi) is 5.24. The van der Waals surface area contributed by atoms with Crippen molar-refractivity contribution in [3.8, 4) is 5.75 Å². The number of hydrogen-bond donors (Lipinski definition) is 2. The maximum atomic E-state index is 11.5. The van der Waals surface area contributed by atoms with Crippen molar-refractivity contribution in [2.75, 3.05) is 13.7 Å². The molecule has 0 unspecified atom stereocenters. The van der Waals surface area contributed by atoms with Crippen LogP contribution in [0.15, 0.2) is 21.1 Å². The highest BCUT2D eigenvalue weighted by Gasteiger charge is 2.22. The predicted octanol–water partition coefficient (Wildman–Crippen LogP) is 2.59. The maximum Gasteiger partial charge on any atom is 0.234 e. The van der Waals surface area contributed by atoms with E-state index < -0.39 is 0 Å². The third-order valence-electron chi connectivity index (χ3n) is 2.83. The van der Waals surface area contributed by atoms with Gasteiger partial charge < -0.3 is 15.4 Å². The number of halogens is 2. The molecule has 1 aromatic rings. The summed E-state index contributed by atoms with van der Waals surface area (Å²) in [5, 5.41) is 6.07. The van der Waals surface area contributed by atoms with Crippen LogP contribution in [0.3, 0.4) is 0 Å². The van der Waals surface area contributed by atoms with Gasteiger partial charge in [-0.2, -0.15) is 0 Å². The fourth-order valence-electron chi connectivity index (χ4n) is 1.79. The minimum Gasteiger partial charge on any atom is -0.495 e. The van der Waals surface area contributed by atoms with Crippen LogP contribution < -0.4 is 15.4 Å². The van der Waals surface area contributed by atoms with E-state index in [4.69, 9.17) is 4.74 Å². The average molecular weight is 392 g/mol. The third kappa shape index (κ3) is 4.47. The van der Waals surface area contributed by atoms with Gasteiger partial charge in [0.05, 0.1) is 18.1 Å². The Hall–Kier alpha value is -0.590. The van der Waals surface area contributed by atoms with E-state index in [1.807, 2.05) is 12.1 Å². The minimum atomic E-state index is 0.0514. The van der Waals surface area contributed by atoms with Crippen LogP contribution in [0, 0.1) is 0 Å². The number of carbonyl (C=O) groups is 1. The average Bonchev–Trinajstić information content (AvgIpc) is 3.12. The molecule has 0 heterocycles. The van der Waals surface area contributed by atoms with Crippen molar-refractivity contribution >= 4 is 37.8 Å². The molecule has 0 spiro atoms. The summed E-state index contributed by atoms with van der Waals surface area (Å²) in [6.07, 6.45) is 2.22. The first kappa shape index (κ1) is 14.8. The van der Waals surface area contributed by atoms with E-state index in [1.54, 1.807) is 7.11 Å². The van der Waals surface area contributed by atoms with Gasteiger partial charge in [-0.15, -0.1) is 0 Å². The Morgan fingerprint density at radius 2 is 2.16 bits per heavy atom. The molecule has 2 rings (SSSR count). The summed E-state index contributed by atoms with van der Waals surface area (Å²) < 4.78 is 7.22. The smallest absolute Gasteiger partial charge is 0.234 e. The van der Waals surface area contributed by atoms with Gasteiger partial charge >= 0.3 is 0 Å². The van der Waals surface area contributed by atoms with Crippen molar-refractivity contribution in [1.29, 1.82) is 0 Å². The molecule has 1 amide bonds. The van der Waals surface area contributed by atoms with Gasteiger partial charge in [0.15, 0.2) is 0 Å². The standard InChI is InChI=1S/C13H16Br2N2O2/c1-19-13-8(4-9(14)5-11(13)15)6-16-7-12(18)17-10-2-3-10/h4-5,10,16H,2-3,6-7H2,1H3,(H,17,18). The second-order valence-corrected chi connectivity index (χ2v) is 6.30. The van der Waals surface area contributed by atoms with Crippen LogP contribution in [0.4, 0.5) is 0 Å². The molecular formula is C13H16Br2N2O2. The SMILES string of the molecule is COc1c(Br)cc(Br)cc1CNCC(=O)NC1CC1. The molecule has 0 aromatic heterocycles. The van der Waals surface area contributed by atoms with Gasteiger partial charge in [0, 0.05) is 22.6 Å². The molecule has 1 aromatic carbocycles. The normalized spacial score (nSPS) is 14.3. The van der Waals surface area contributed by atoms with Crippen LogP contribution in [0.2, 0.25) is 0 Å². The zero-order valence-electron chi connectivity index (χ0n) is 10.6. The van der Waals surface area contributed by atoms with Crippen molar-refractivity contribution in [3.63, 3.8) is 0 Å². The predicted molar refractivity (Wildman–Crippen MR) is 81.3 cm³/mol. The third-order valence-corrected chi connectivity index (χ3v) is 3.88. The number of rotatable bonds is 6. The number of nitrogens with one attached hydrogen (secondary N) is 2. The molecule has 0 aliphatic heterocycles. The summed E-state index contributed by atoms with van der Waals surface area (Å²) in [7, 11) is 1.64. The molecule has 1 fully saturated rings. The van der Waals surface area contributed by atoms with Gasteiger partial charge in [0.25, 0.3) is 0 Å². The van der Waals surface area contributed by atoms with E-state index in [9.17, 15) is 4.79 Å². The molecule has 19 heavy (non-hydrogen) atoms. The quantitative estimate of drug-likeness (QED) is 0.783. The van der Waals surface area contributed by atoms with Gasteiger partial charge in [0.1, 0.15) is 5.75 Å². The first-order valence-electron chi connectivity index (χ1n) is 6.12. The summed E-state index contributed by atoms with van der Waals surface area (Å²) in [5.74, 6) is 0.842. The van der Waals surface area contributed by atoms with Crippen LogP contribution >= 0.6 is 31.9 Å². The summed E-state index contributed by atoms with van der Waals surface area (Å²) in [5.41, 5.74) is 1.00. The molecular weight excluding hydrogens is 376 g/mol. The van der Waals surface area contributed by atoms with E-state index in [-0.39, 0.29) is 5.91 Å². The molecule has 2 N–H and O–H groups in total. The Morgan fingerprint density at radius 3 is 2.79 bits per heavy atom. The van der Waals surface area contributed by atoms with E-state index in [0.717, 1.165) is 33.1 Å². The van der Waals surface area contributed by atoms with Crippen LogP contribution in [-0.2, 0) is 11.3 Å². The fourth-order valence-corrected chi connectivity index (χ4v) is 3.27. The monoisotopic (exact) mass is 390 g/mol. The van der Waals surface area contributed by atoms with Crippen molar-refractivity contribution in [2.45, 2.75) is 25.4 Å². The van der Waals surface area contributed by atoms with Crippen LogP contribution in [0.5, 0.6) is 5.75 Å². The molecule has 6 heteroatoms. The van der Waals surface area contributed by atoms with Crippen molar-refractivity contribution in [2.24, 2.45) is 0 Å². The highest BCUT2D eigenvalue weighted by atomic mass is 79.9. The fraction of sp³-hybridized carbons (Fsp3) is 0.462. The van der Waals surface area contributed by atoms with Crippen LogP contribution in [0.25, 0.3) is 0 Å². The second-order valence-electron chi connectivity index (χ2n) is 4.53. The topological polar surface area (TPSA) is 50.4 Å². The number of amides is 1. The molecule has 1 saturated carbocycles. The lowest BCUT2D eigenvalue weighted by molar-refractivity contribution is -0.120. The van der Waals surface area contributed by atoms with E-state index in [0.29, 0.717) is 19.1 Å². The van der Waals surface area contributed by atoms with Crippen LogP contribution in [-0.4, -0.2) is 25.6 Å². The number of hydrogen-bond acceptors (Lipinski definition) is 3. The number of carbonyl (C=O) groups excluding carboxylic acids is 1. The van der Waals surface area contributed by atoms with E-state index in [1.165, 1.54) is 0 Å². The Bertz CT molecular complexity index is 476. The highest BCUT2D eigenvalue weighted by molar-refractivity contribution is 9.11. The molecule has 0 radical (unpaired) electrons. The molecule has 104 valence electrons. The van der Waals surface area contributed by atoms with Gasteiger partial charge in [-0.1, -0.05) is 15.9 Å². The van der Waals surface area contributed by atoms with Gasteiger partial charge in [-0.25, -0.2) is 0 Å². The zero-order valence-corrected chi connectivity index (χ0v) is 13.8. The number of ether oxygens (including phenoxy) is 1. The Balaban J connectivity index is 1.89. The molecule has 1 aliphatic rings. The first-order chi connectivity index (χ1) is 9.10. The Morgan fingerprint density at radius 1 is 1.42 bits per heavy atom. The first-order valence-corrected chi connectivity index (χ1v) is 7.70. The van der Waals surface area contributed by atoms with Crippen LogP contribution in [0.1, 0.15) is 18.4 Å². The van der Waals surface area contributed by atoms with Crippen molar-refractivity contribution in [3.05, 3.63) is 26.6 Å². The second kappa shape index (κ2) is 6.72.